The molecule has 0 radical (unpaired) electrons. The number of rotatable bonds is 6. The summed E-state index contributed by atoms with van der Waals surface area (Å²) in [6, 6.07) is 0. The second-order valence-corrected chi connectivity index (χ2v) is 12.8. The monoisotopic (exact) mass is 446 g/mol. The number of aliphatic carboxylic acids is 1. The Kier molecular flexibility index (Phi) is 6.62. The molecule has 0 spiro atoms. The minimum atomic E-state index is -0.788. The molecule has 0 aromatic rings. The van der Waals surface area contributed by atoms with Gasteiger partial charge < -0.3 is 15.3 Å². The molecule has 10 unspecified atom stereocenters. The number of carboxylic acid groups (broad SMARTS) is 1. The first-order valence-electron chi connectivity index (χ1n) is 13.3. The van der Waals surface area contributed by atoms with Gasteiger partial charge in [0, 0.05) is 5.41 Å². The maximum absolute atomic E-state index is 12.3. The summed E-state index contributed by atoms with van der Waals surface area (Å²) in [4.78, 5) is 12.3. The van der Waals surface area contributed by atoms with Crippen molar-refractivity contribution in [1.29, 1.82) is 0 Å². The summed E-state index contributed by atoms with van der Waals surface area (Å²) < 4.78 is 0. The van der Waals surface area contributed by atoms with Crippen LogP contribution in [-0.4, -0.2) is 33.5 Å². The summed E-state index contributed by atoms with van der Waals surface area (Å²) in [5.41, 5.74) is 0.795. The van der Waals surface area contributed by atoms with Crippen LogP contribution in [0.4, 0.5) is 0 Å². The number of aliphatic hydroxyl groups excluding tert-OH is 2. The van der Waals surface area contributed by atoms with E-state index in [4.69, 9.17) is 0 Å². The first-order chi connectivity index (χ1) is 15.0. The topological polar surface area (TPSA) is 77.8 Å². The summed E-state index contributed by atoms with van der Waals surface area (Å²) in [6.45, 7) is 11.7. The number of hydrogen-bond donors (Lipinski definition) is 3. The number of carbonyl (C=O) groups is 1. The van der Waals surface area contributed by atoms with Gasteiger partial charge in [0.1, 0.15) is 0 Å². The van der Waals surface area contributed by atoms with E-state index < -0.39 is 29.5 Å². The van der Waals surface area contributed by atoms with Gasteiger partial charge >= 0.3 is 5.97 Å². The molecule has 0 saturated heterocycles. The Morgan fingerprint density at radius 3 is 2.47 bits per heavy atom. The molecule has 0 bridgehead atoms. The smallest absolute Gasteiger partial charge is 0.307 e. The third-order valence-corrected chi connectivity index (χ3v) is 10.7. The highest BCUT2D eigenvalue weighted by atomic mass is 16.4. The van der Waals surface area contributed by atoms with Crippen molar-refractivity contribution in [1.82, 2.24) is 0 Å². The zero-order valence-electron chi connectivity index (χ0n) is 20.9. The van der Waals surface area contributed by atoms with Gasteiger partial charge in [0.25, 0.3) is 0 Å². The summed E-state index contributed by atoms with van der Waals surface area (Å²) in [6.07, 6.45) is 10.1. The Labute approximate surface area is 194 Å². The Hall–Kier alpha value is -0.870. The maximum atomic E-state index is 12.3. The molecule has 0 aromatic heterocycles. The highest BCUT2D eigenvalue weighted by Crippen LogP contribution is 2.68. The van der Waals surface area contributed by atoms with Crippen molar-refractivity contribution in [2.24, 2.45) is 52.3 Å². The summed E-state index contributed by atoms with van der Waals surface area (Å²) in [5, 5.41) is 31.8. The molecule has 182 valence electrons. The lowest BCUT2D eigenvalue weighted by Crippen LogP contribution is -2.58. The quantitative estimate of drug-likeness (QED) is 0.459. The van der Waals surface area contributed by atoms with Crippen molar-refractivity contribution in [2.75, 3.05) is 0 Å². The number of aliphatic hydroxyl groups is 2. The van der Waals surface area contributed by atoms with E-state index in [0.717, 1.165) is 30.8 Å². The highest BCUT2D eigenvalue weighted by Gasteiger charge is 2.63. The molecule has 0 heterocycles. The van der Waals surface area contributed by atoms with Gasteiger partial charge in [-0.3, -0.25) is 4.79 Å². The van der Waals surface area contributed by atoms with Crippen LogP contribution in [0.5, 0.6) is 0 Å². The Bertz CT molecular complexity index is 744. The fraction of sp³-hybridized carbons (Fsp3) is 0.893. The van der Waals surface area contributed by atoms with Gasteiger partial charge in [0.15, 0.2) is 0 Å². The van der Waals surface area contributed by atoms with Crippen molar-refractivity contribution in [3.63, 3.8) is 0 Å². The summed E-state index contributed by atoms with van der Waals surface area (Å²) in [7, 11) is 0. The van der Waals surface area contributed by atoms with Crippen LogP contribution < -0.4 is 0 Å². The highest BCUT2D eigenvalue weighted by molar-refractivity contribution is 5.72. The molecule has 10 atom stereocenters. The van der Waals surface area contributed by atoms with Crippen LogP contribution in [0.2, 0.25) is 0 Å². The van der Waals surface area contributed by atoms with Gasteiger partial charge in [0.05, 0.1) is 18.1 Å². The number of carboxylic acids is 1. The van der Waals surface area contributed by atoms with Gasteiger partial charge in [-0.15, -0.1) is 0 Å². The van der Waals surface area contributed by atoms with E-state index >= 15 is 0 Å². The fourth-order valence-electron chi connectivity index (χ4n) is 9.11. The number of fused-ring (bicyclic) bond motifs is 5. The molecule has 4 heteroatoms. The second kappa shape index (κ2) is 8.73. The number of hydrogen-bond acceptors (Lipinski definition) is 3. The third-order valence-electron chi connectivity index (χ3n) is 10.7. The van der Waals surface area contributed by atoms with Gasteiger partial charge in [-0.2, -0.15) is 0 Å². The molecular formula is C28H46O4. The lowest BCUT2D eigenvalue weighted by Gasteiger charge is -2.60. The third kappa shape index (κ3) is 3.78. The minimum absolute atomic E-state index is 0.146. The average Bonchev–Trinajstić information content (AvgIpc) is 3.05. The van der Waals surface area contributed by atoms with Crippen LogP contribution in [0.1, 0.15) is 92.4 Å². The van der Waals surface area contributed by atoms with Gasteiger partial charge in [-0.05, 0) is 79.4 Å². The Morgan fingerprint density at radius 1 is 1.09 bits per heavy atom. The fourth-order valence-corrected chi connectivity index (χ4v) is 9.11. The molecule has 4 aliphatic carbocycles. The predicted octanol–water partition coefficient (Wildman–Crippen LogP) is 5.67. The van der Waals surface area contributed by atoms with E-state index in [2.05, 4.69) is 34.6 Å². The van der Waals surface area contributed by atoms with Crippen molar-refractivity contribution < 1.29 is 20.1 Å². The Balaban J connectivity index is 1.60. The van der Waals surface area contributed by atoms with Crippen LogP contribution in [0.3, 0.4) is 0 Å². The lowest BCUT2D eigenvalue weighted by molar-refractivity contribution is -0.159. The van der Waals surface area contributed by atoms with Gasteiger partial charge in [-0.25, -0.2) is 0 Å². The predicted molar refractivity (Wildman–Crippen MR) is 127 cm³/mol. The molecule has 4 nitrogen and oxygen atoms in total. The Morgan fingerprint density at radius 2 is 1.81 bits per heavy atom. The van der Waals surface area contributed by atoms with Crippen LogP contribution in [0, 0.1) is 52.3 Å². The van der Waals surface area contributed by atoms with Crippen LogP contribution in [0.25, 0.3) is 0 Å². The molecule has 32 heavy (non-hydrogen) atoms. The second-order valence-electron chi connectivity index (χ2n) is 12.8. The molecule has 0 aliphatic heterocycles. The first kappa shape index (κ1) is 24.3. The SMILES string of the molecule is CC(C)CCCC(C)C1CCC2C3C(O)C=C4CC(O)CC(C(=O)O)C4(C)C3CCC12C. The van der Waals surface area contributed by atoms with E-state index in [9.17, 15) is 20.1 Å². The zero-order valence-corrected chi connectivity index (χ0v) is 20.9. The zero-order chi connectivity index (χ0) is 23.4. The molecule has 0 aromatic carbocycles. The van der Waals surface area contributed by atoms with Crippen LogP contribution in [0.15, 0.2) is 11.6 Å². The molecule has 4 rings (SSSR count). The van der Waals surface area contributed by atoms with Crippen molar-refractivity contribution >= 4 is 5.97 Å². The normalized spacial score (nSPS) is 46.8. The lowest BCUT2D eigenvalue weighted by atomic mass is 9.44. The molecule has 3 saturated carbocycles. The van der Waals surface area contributed by atoms with E-state index in [1.165, 1.54) is 25.7 Å². The molecule has 0 amide bonds. The van der Waals surface area contributed by atoms with Crippen molar-refractivity contribution in [3.05, 3.63) is 11.6 Å². The van der Waals surface area contributed by atoms with Crippen LogP contribution >= 0.6 is 0 Å². The first-order valence-corrected chi connectivity index (χ1v) is 13.3. The van der Waals surface area contributed by atoms with Gasteiger partial charge in [-0.1, -0.05) is 65.5 Å². The minimum Gasteiger partial charge on any atom is -0.481 e. The van der Waals surface area contributed by atoms with Gasteiger partial charge in [0.2, 0.25) is 0 Å². The molecule has 3 fully saturated rings. The molecule has 4 aliphatic rings. The van der Waals surface area contributed by atoms with Crippen molar-refractivity contribution in [2.45, 2.75) is 105 Å². The van der Waals surface area contributed by atoms with Crippen LogP contribution in [-0.2, 0) is 4.79 Å². The molecule has 3 N–H and O–H groups in total. The van der Waals surface area contributed by atoms with E-state index in [-0.39, 0.29) is 17.3 Å². The van der Waals surface area contributed by atoms with E-state index in [1.807, 2.05) is 6.08 Å². The largest absolute Gasteiger partial charge is 0.481 e. The van der Waals surface area contributed by atoms with Crippen molar-refractivity contribution in [3.8, 4) is 0 Å². The van der Waals surface area contributed by atoms with E-state index in [1.54, 1.807) is 0 Å². The maximum Gasteiger partial charge on any atom is 0.307 e. The summed E-state index contributed by atoms with van der Waals surface area (Å²) >= 11 is 0. The van der Waals surface area contributed by atoms with E-state index in [0.29, 0.717) is 30.6 Å². The summed E-state index contributed by atoms with van der Waals surface area (Å²) in [5.74, 6) is 1.63. The standard InChI is InChI=1S/C28H46O4/c1-16(2)7-6-8-17(3)20-9-10-21-25-22(11-12-27(20,21)4)28(5)18(14-24(25)30)13-19(29)15-23(28)26(31)32/h14,16-17,19-25,29-30H,6-13,15H2,1-5H3,(H,31,32). The average molecular weight is 447 g/mol. The molecular weight excluding hydrogens is 400 g/mol.